The van der Waals surface area contributed by atoms with Gasteiger partial charge in [-0.3, -0.25) is 4.79 Å². The molecule has 2 aliphatic rings. The number of nitrogens with one attached hydrogen (secondary N) is 2. The molecule has 1 aromatic rings. The van der Waals surface area contributed by atoms with E-state index < -0.39 is 10.0 Å². The number of nitrogens with zero attached hydrogens (tertiary/aromatic N) is 1. The van der Waals surface area contributed by atoms with Gasteiger partial charge in [-0.25, -0.2) is 8.42 Å². The fraction of sp³-hybridized carbons (Fsp3) is 0.588. The van der Waals surface area contributed by atoms with E-state index in [-0.39, 0.29) is 22.4 Å². The van der Waals surface area contributed by atoms with Crippen molar-refractivity contribution in [1.29, 1.82) is 0 Å². The standard InChI is InChI=1S/C17H25N3O5S/c1-24-16-3-2-14(26(22,23)20-8-10-25-11-9-20)12-15(16)17(21)19-13-4-6-18-7-5-13/h2-3,12-13,18H,4-11H2,1H3,(H,19,21). The van der Waals surface area contributed by atoms with Crippen LogP contribution in [0.4, 0.5) is 0 Å². The predicted molar refractivity (Wildman–Crippen MR) is 95.9 cm³/mol. The second-order valence-corrected chi connectivity index (χ2v) is 8.31. The Bertz CT molecular complexity index is 741. The number of hydrogen-bond donors (Lipinski definition) is 2. The molecule has 9 heteroatoms. The summed E-state index contributed by atoms with van der Waals surface area (Å²) in [6, 6.07) is 4.49. The van der Waals surface area contributed by atoms with E-state index >= 15 is 0 Å². The van der Waals surface area contributed by atoms with Crippen molar-refractivity contribution < 1.29 is 22.7 Å². The molecule has 0 saturated carbocycles. The van der Waals surface area contributed by atoms with Gasteiger partial charge in [0.2, 0.25) is 10.0 Å². The average Bonchev–Trinajstić information content (AvgIpc) is 2.69. The molecule has 0 radical (unpaired) electrons. The molecule has 0 atom stereocenters. The average molecular weight is 383 g/mol. The molecular formula is C17H25N3O5S. The summed E-state index contributed by atoms with van der Waals surface area (Å²) in [6.07, 6.45) is 1.69. The van der Waals surface area contributed by atoms with E-state index in [0.717, 1.165) is 25.9 Å². The number of carbonyl (C=O) groups excluding carboxylic acids is 1. The molecule has 0 unspecified atom stereocenters. The minimum Gasteiger partial charge on any atom is -0.496 e. The number of morpholine rings is 1. The molecule has 3 rings (SSSR count). The Kier molecular flexibility index (Phi) is 6.13. The SMILES string of the molecule is COc1ccc(S(=O)(=O)N2CCOCC2)cc1C(=O)NC1CCNCC1. The highest BCUT2D eigenvalue weighted by atomic mass is 32.2. The second kappa shape index (κ2) is 8.34. The van der Waals surface area contributed by atoms with Crippen LogP contribution < -0.4 is 15.4 Å². The number of rotatable bonds is 5. The Hall–Kier alpha value is -1.68. The monoisotopic (exact) mass is 383 g/mol. The topological polar surface area (TPSA) is 97.0 Å². The first kappa shape index (κ1) is 19.1. The summed E-state index contributed by atoms with van der Waals surface area (Å²) in [5.41, 5.74) is 0.236. The Labute approximate surface area is 153 Å². The van der Waals surface area contributed by atoms with Crippen molar-refractivity contribution >= 4 is 15.9 Å². The van der Waals surface area contributed by atoms with Crippen LogP contribution in [0.15, 0.2) is 23.1 Å². The predicted octanol–water partition coefficient (Wildman–Crippen LogP) is 0.198. The lowest BCUT2D eigenvalue weighted by atomic mass is 10.1. The van der Waals surface area contributed by atoms with E-state index in [2.05, 4.69) is 10.6 Å². The molecule has 2 N–H and O–H groups in total. The molecule has 2 fully saturated rings. The van der Waals surface area contributed by atoms with Gasteiger partial charge >= 0.3 is 0 Å². The number of methoxy groups -OCH3 is 1. The second-order valence-electron chi connectivity index (χ2n) is 6.38. The summed E-state index contributed by atoms with van der Waals surface area (Å²) < 4.78 is 37.5. The third-order valence-corrected chi connectivity index (χ3v) is 6.59. The normalized spacial score (nSPS) is 19.9. The molecule has 8 nitrogen and oxygen atoms in total. The van der Waals surface area contributed by atoms with Gasteiger partial charge in [-0.1, -0.05) is 0 Å². The summed E-state index contributed by atoms with van der Waals surface area (Å²) in [7, 11) is -2.20. The van der Waals surface area contributed by atoms with Crippen molar-refractivity contribution in [1.82, 2.24) is 14.9 Å². The molecule has 2 heterocycles. The molecule has 1 aromatic carbocycles. The summed E-state index contributed by atoms with van der Waals surface area (Å²) in [6.45, 7) is 3.08. The van der Waals surface area contributed by atoms with Gasteiger partial charge in [0, 0.05) is 19.1 Å². The van der Waals surface area contributed by atoms with Gasteiger partial charge in [0.25, 0.3) is 5.91 Å². The summed E-state index contributed by atoms with van der Waals surface area (Å²) in [5, 5.41) is 6.23. The van der Waals surface area contributed by atoms with Crippen molar-refractivity contribution in [2.24, 2.45) is 0 Å². The van der Waals surface area contributed by atoms with Crippen molar-refractivity contribution in [2.45, 2.75) is 23.8 Å². The van der Waals surface area contributed by atoms with Crippen LogP contribution in [0.3, 0.4) is 0 Å². The van der Waals surface area contributed by atoms with Crippen LogP contribution in [0.2, 0.25) is 0 Å². The maximum absolute atomic E-state index is 12.8. The van der Waals surface area contributed by atoms with Crippen LogP contribution in [-0.4, -0.2) is 71.2 Å². The summed E-state index contributed by atoms with van der Waals surface area (Å²) >= 11 is 0. The highest BCUT2D eigenvalue weighted by molar-refractivity contribution is 7.89. The first-order chi connectivity index (χ1) is 12.5. The van der Waals surface area contributed by atoms with Crippen LogP contribution in [0.1, 0.15) is 23.2 Å². The van der Waals surface area contributed by atoms with Gasteiger partial charge in [-0.15, -0.1) is 0 Å². The lowest BCUT2D eigenvalue weighted by Gasteiger charge is -2.26. The van der Waals surface area contributed by atoms with Gasteiger partial charge < -0.3 is 20.1 Å². The van der Waals surface area contributed by atoms with Crippen LogP contribution >= 0.6 is 0 Å². The fourth-order valence-corrected chi connectivity index (χ4v) is 4.63. The van der Waals surface area contributed by atoms with E-state index in [9.17, 15) is 13.2 Å². The molecule has 0 aliphatic carbocycles. The number of carbonyl (C=O) groups is 1. The summed E-state index contributed by atoms with van der Waals surface area (Å²) in [5.74, 6) is 0.0464. The molecule has 144 valence electrons. The molecule has 2 saturated heterocycles. The van der Waals surface area contributed by atoms with Gasteiger partial charge in [0.05, 0.1) is 30.8 Å². The zero-order valence-electron chi connectivity index (χ0n) is 14.9. The first-order valence-corrected chi connectivity index (χ1v) is 10.2. The number of hydrogen-bond acceptors (Lipinski definition) is 6. The van der Waals surface area contributed by atoms with Gasteiger partial charge in [-0.05, 0) is 44.1 Å². The Morgan fingerprint density at radius 1 is 1.27 bits per heavy atom. The zero-order valence-corrected chi connectivity index (χ0v) is 15.7. The van der Waals surface area contributed by atoms with E-state index in [1.807, 2.05) is 0 Å². The smallest absolute Gasteiger partial charge is 0.255 e. The van der Waals surface area contributed by atoms with Gasteiger partial charge in [-0.2, -0.15) is 4.31 Å². The van der Waals surface area contributed by atoms with E-state index in [4.69, 9.17) is 9.47 Å². The lowest BCUT2D eigenvalue weighted by Crippen LogP contribution is -2.43. The van der Waals surface area contributed by atoms with Crippen LogP contribution in [0.25, 0.3) is 0 Å². The Morgan fingerprint density at radius 2 is 1.96 bits per heavy atom. The Balaban J connectivity index is 1.84. The minimum atomic E-state index is -3.67. The zero-order chi connectivity index (χ0) is 18.6. The number of benzene rings is 1. The molecule has 26 heavy (non-hydrogen) atoms. The highest BCUT2D eigenvalue weighted by Crippen LogP contribution is 2.25. The van der Waals surface area contributed by atoms with Crippen LogP contribution in [0, 0.1) is 0 Å². The lowest BCUT2D eigenvalue weighted by molar-refractivity contribution is 0.0730. The van der Waals surface area contributed by atoms with Crippen molar-refractivity contribution in [3.8, 4) is 5.75 Å². The number of amides is 1. The fourth-order valence-electron chi connectivity index (χ4n) is 3.19. The van der Waals surface area contributed by atoms with Gasteiger partial charge in [0.1, 0.15) is 5.75 Å². The van der Waals surface area contributed by atoms with E-state index in [1.165, 1.54) is 29.6 Å². The van der Waals surface area contributed by atoms with E-state index in [1.54, 1.807) is 0 Å². The maximum Gasteiger partial charge on any atom is 0.255 e. The van der Waals surface area contributed by atoms with E-state index in [0.29, 0.717) is 32.1 Å². The first-order valence-electron chi connectivity index (χ1n) is 8.80. The van der Waals surface area contributed by atoms with Crippen molar-refractivity contribution in [3.05, 3.63) is 23.8 Å². The molecule has 0 bridgehead atoms. The third-order valence-electron chi connectivity index (χ3n) is 4.70. The number of ether oxygens (including phenoxy) is 2. The van der Waals surface area contributed by atoms with Crippen LogP contribution in [-0.2, 0) is 14.8 Å². The largest absolute Gasteiger partial charge is 0.496 e. The van der Waals surface area contributed by atoms with Crippen molar-refractivity contribution in [2.75, 3.05) is 46.5 Å². The number of piperidine rings is 1. The van der Waals surface area contributed by atoms with Crippen molar-refractivity contribution in [3.63, 3.8) is 0 Å². The molecule has 0 aromatic heterocycles. The van der Waals surface area contributed by atoms with Crippen LogP contribution in [0.5, 0.6) is 5.75 Å². The highest BCUT2D eigenvalue weighted by Gasteiger charge is 2.28. The Morgan fingerprint density at radius 3 is 2.62 bits per heavy atom. The molecule has 0 spiro atoms. The molecular weight excluding hydrogens is 358 g/mol. The third kappa shape index (κ3) is 4.17. The molecule has 1 amide bonds. The molecule has 2 aliphatic heterocycles. The van der Waals surface area contributed by atoms with Gasteiger partial charge in [0.15, 0.2) is 0 Å². The summed E-state index contributed by atoms with van der Waals surface area (Å²) in [4.78, 5) is 12.8. The quantitative estimate of drug-likeness (QED) is 0.754. The number of sulfonamides is 1. The minimum absolute atomic E-state index is 0.0768. The maximum atomic E-state index is 12.8.